The number of nitro groups is 1. The highest BCUT2D eigenvalue weighted by molar-refractivity contribution is 5.87. The van der Waals surface area contributed by atoms with E-state index < -0.39 is 23.2 Å². The molecule has 10 nitrogen and oxygen atoms in total. The maximum Gasteiger partial charge on any atom is 0.422 e. The average Bonchev–Trinajstić information content (AvgIpc) is 3.40. The number of β-amino-alcohol motifs (C(OH)–C–C–N with tert-alkyl or cyclic N) is 1. The van der Waals surface area contributed by atoms with Crippen molar-refractivity contribution in [2.24, 2.45) is 0 Å². The number of nitro benzene ring substituents is 1. The number of carbonyl (C=O) groups is 1. The third kappa shape index (κ3) is 7.57. The second kappa shape index (κ2) is 14.2. The van der Waals surface area contributed by atoms with Crippen molar-refractivity contribution in [1.29, 1.82) is 0 Å². The number of methoxy groups -OCH3 is 1. The molecular formula is C35H38F3N3O7. The van der Waals surface area contributed by atoms with E-state index in [1.54, 1.807) is 30.0 Å². The number of aromatic nitrogens is 1. The van der Waals surface area contributed by atoms with Gasteiger partial charge in [-0.25, -0.2) is 0 Å². The van der Waals surface area contributed by atoms with E-state index >= 15 is 0 Å². The molecule has 13 heteroatoms. The van der Waals surface area contributed by atoms with E-state index in [9.17, 15) is 33.2 Å². The van der Waals surface area contributed by atoms with Gasteiger partial charge in [-0.15, -0.1) is 0 Å². The summed E-state index contributed by atoms with van der Waals surface area (Å²) in [6, 6.07) is 16.2. The van der Waals surface area contributed by atoms with Crippen molar-refractivity contribution in [3.8, 4) is 11.5 Å². The van der Waals surface area contributed by atoms with Gasteiger partial charge in [0.2, 0.25) is 5.60 Å². The number of rotatable bonds is 12. The maximum atomic E-state index is 14.9. The minimum absolute atomic E-state index is 0.0759. The fourth-order valence-corrected chi connectivity index (χ4v) is 6.18. The quantitative estimate of drug-likeness (QED) is 0.106. The predicted octanol–water partition coefficient (Wildman–Crippen LogP) is 6.31. The number of carbonyl (C=O) groups excluding carboxylic acids is 1. The zero-order valence-corrected chi connectivity index (χ0v) is 27.0. The molecule has 0 aliphatic carbocycles. The minimum Gasteiger partial charge on any atom is -0.493 e. The van der Waals surface area contributed by atoms with Gasteiger partial charge in [-0.2, -0.15) is 13.2 Å². The Kier molecular flexibility index (Phi) is 10.3. The average molecular weight is 670 g/mol. The molecule has 1 atom stereocenters. The zero-order valence-electron chi connectivity index (χ0n) is 27.0. The Morgan fingerprint density at radius 1 is 1.04 bits per heavy atom. The minimum atomic E-state index is -5.05. The molecule has 48 heavy (non-hydrogen) atoms. The molecule has 1 N–H and O–H groups in total. The normalized spacial score (nSPS) is 15.6. The highest BCUT2D eigenvalue weighted by Crippen LogP contribution is 2.44. The van der Waals surface area contributed by atoms with Crippen LogP contribution in [0, 0.1) is 17.0 Å². The van der Waals surface area contributed by atoms with E-state index in [0.29, 0.717) is 29.9 Å². The van der Waals surface area contributed by atoms with E-state index in [-0.39, 0.29) is 66.9 Å². The van der Waals surface area contributed by atoms with Crippen LogP contribution in [-0.4, -0.2) is 71.1 Å². The summed E-state index contributed by atoms with van der Waals surface area (Å²) >= 11 is 0. The second-order valence-corrected chi connectivity index (χ2v) is 12.0. The van der Waals surface area contributed by atoms with E-state index in [4.69, 9.17) is 14.2 Å². The van der Waals surface area contributed by atoms with Gasteiger partial charge >= 0.3 is 12.1 Å². The van der Waals surface area contributed by atoms with Crippen molar-refractivity contribution in [1.82, 2.24) is 9.47 Å². The van der Waals surface area contributed by atoms with Crippen molar-refractivity contribution in [3.63, 3.8) is 0 Å². The molecule has 0 bridgehead atoms. The van der Waals surface area contributed by atoms with E-state index in [0.717, 1.165) is 17.2 Å². The van der Waals surface area contributed by atoms with Gasteiger partial charge < -0.3 is 23.9 Å². The zero-order chi connectivity index (χ0) is 34.6. The van der Waals surface area contributed by atoms with Crippen LogP contribution >= 0.6 is 0 Å². The summed E-state index contributed by atoms with van der Waals surface area (Å²) in [4.78, 5) is 24.4. The lowest BCUT2D eigenvalue weighted by Crippen LogP contribution is -2.53. The van der Waals surface area contributed by atoms with Gasteiger partial charge in [-0.1, -0.05) is 35.9 Å². The molecule has 5 rings (SSSR count). The molecule has 2 heterocycles. The van der Waals surface area contributed by atoms with Gasteiger partial charge in [0.1, 0.15) is 6.10 Å². The number of aliphatic hydroxyl groups is 1. The number of alkyl halides is 3. The van der Waals surface area contributed by atoms with E-state index in [2.05, 4.69) is 0 Å². The lowest BCUT2D eigenvalue weighted by molar-refractivity contribution is -0.384. The molecular weight excluding hydrogens is 631 g/mol. The number of hydrogen-bond donors (Lipinski definition) is 1. The van der Waals surface area contributed by atoms with Crippen LogP contribution in [0.15, 0.2) is 66.9 Å². The van der Waals surface area contributed by atoms with E-state index in [1.165, 1.54) is 30.0 Å². The summed E-state index contributed by atoms with van der Waals surface area (Å²) < 4.78 is 62.9. The Labute approximate surface area is 275 Å². The number of fused-ring (bicyclic) bond motifs is 1. The third-order valence-electron chi connectivity index (χ3n) is 8.59. The second-order valence-electron chi connectivity index (χ2n) is 12.0. The van der Waals surface area contributed by atoms with E-state index in [1.807, 2.05) is 31.2 Å². The first-order valence-corrected chi connectivity index (χ1v) is 15.6. The Hall–Kier alpha value is -4.62. The molecule has 4 aromatic rings. The summed E-state index contributed by atoms with van der Waals surface area (Å²) in [5.74, 6) is 0.510. The van der Waals surface area contributed by atoms with Gasteiger partial charge in [0.15, 0.2) is 11.5 Å². The molecule has 3 aromatic carbocycles. The molecule has 1 aliphatic heterocycles. The third-order valence-corrected chi connectivity index (χ3v) is 8.59. The molecule has 1 unspecified atom stereocenters. The van der Waals surface area contributed by atoms with Crippen molar-refractivity contribution in [2.75, 3.05) is 33.4 Å². The smallest absolute Gasteiger partial charge is 0.422 e. The molecule has 256 valence electrons. The number of likely N-dealkylation sites (tertiary alicyclic amines) is 1. The molecule has 0 spiro atoms. The Morgan fingerprint density at radius 2 is 1.79 bits per heavy atom. The first-order valence-electron chi connectivity index (χ1n) is 15.6. The maximum absolute atomic E-state index is 14.9. The summed E-state index contributed by atoms with van der Waals surface area (Å²) in [6.45, 7) is 3.77. The van der Waals surface area contributed by atoms with Gasteiger partial charge in [0.05, 0.1) is 30.6 Å². The number of halogens is 3. The van der Waals surface area contributed by atoms with Crippen molar-refractivity contribution in [2.45, 2.75) is 57.5 Å². The molecule has 1 saturated heterocycles. The molecule has 1 aromatic heterocycles. The summed E-state index contributed by atoms with van der Waals surface area (Å²) in [7, 11) is 1.48. The Bertz CT molecular complexity index is 1780. The lowest BCUT2D eigenvalue weighted by Gasteiger charge is -2.39. The van der Waals surface area contributed by atoms with Crippen molar-refractivity contribution < 1.29 is 42.2 Å². The number of esters is 1. The van der Waals surface area contributed by atoms with Crippen molar-refractivity contribution in [3.05, 3.63) is 99.2 Å². The fraction of sp³-hybridized carbons (Fsp3) is 0.400. The van der Waals surface area contributed by atoms with Crippen LogP contribution in [0.1, 0.15) is 42.0 Å². The lowest BCUT2D eigenvalue weighted by atomic mass is 9.91. The number of hydrogen-bond acceptors (Lipinski definition) is 8. The number of nitrogens with zero attached hydrogens (tertiary/aromatic N) is 3. The van der Waals surface area contributed by atoms with Gasteiger partial charge in [0, 0.05) is 55.5 Å². The van der Waals surface area contributed by atoms with Gasteiger partial charge in [-0.3, -0.25) is 19.8 Å². The van der Waals surface area contributed by atoms with Crippen LogP contribution in [0.4, 0.5) is 18.9 Å². The van der Waals surface area contributed by atoms with Crippen LogP contribution in [0.5, 0.6) is 11.5 Å². The summed E-state index contributed by atoms with van der Waals surface area (Å²) in [5.41, 5.74) is -1.22. The number of benzene rings is 3. The Morgan fingerprint density at radius 3 is 2.44 bits per heavy atom. The first kappa shape index (κ1) is 34.7. The standard InChI is InChI=1S/C35H38F3N3O7/c1-4-47-33(42)18-24-8-11-31(32(17-24)46-3)48-27-12-14-39(15-13-27)22-34(43,35(36,37)38)29-21-40(20-25-7-5-6-23(2)16-25)30-19-26(41(44)45)9-10-28(29)30/h5-11,16-17,19,21,27,43H,4,12-15,18,20,22H2,1-3H3. The summed E-state index contributed by atoms with van der Waals surface area (Å²) in [6.07, 6.45) is -3.25. The van der Waals surface area contributed by atoms with Gasteiger partial charge in [-0.05, 0) is 56.0 Å². The molecule has 1 fully saturated rings. The fourth-order valence-electron chi connectivity index (χ4n) is 6.18. The van der Waals surface area contributed by atoms with Crippen LogP contribution in [0.2, 0.25) is 0 Å². The number of aryl methyl sites for hydroxylation is 1. The van der Waals surface area contributed by atoms with Crippen LogP contribution in [0.3, 0.4) is 0 Å². The summed E-state index contributed by atoms with van der Waals surface area (Å²) in [5, 5.41) is 23.2. The van der Waals surface area contributed by atoms with Gasteiger partial charge in [0.25, 0.3) is 5.69 Å². The monoisotopic (exact) mass is 669 g/mol. The molecule has 0 amide bonds. The molecule has 1 aliphatic rings. The Balaban J connectivity index is 1.36. The number of ether oxygens (including phenoxy) is 3. The molecule has 0 saturated carbocycles. The predicted molar refractivity (Wildman–Crippen MR) is 172 cm³/mol. The topological polar surface area (TPSA) is 116 Å². The number of piperidine rings is 1. The molecule has 0 radical (unpaired) electrons. The first-order chi connectivity index (χ1) is 22.8. The SMILES string of the molecule is CCOC(=O)Cc1ccc(OC2CCN(CC(O)(c3cn(Cc4cccc(C)c4)c4cc([N+](=O)[O-])ccc34)C(F)(F)F)CC2)c(OC)c1. The van der Waals surface area contributed by atoms with Crippen LogP contribution in [0.25, 0.3) is 10.9 Å². The number of non-ortho nitro benzene ring substituents is 1. The highest BCUT2D eigenvalue weighted by Gasteiger charge is 2.57. The highest BCUT2D eigenvalue weighted by atomic mass is 19.4. The van der Waals surface area contributed by atoms with Crippen LogP contribution in [-0.2, 0) is 28.1 Å². The van der Waals surface area contributed by atoms with Crippen molar-refractivity contribution >= 4 is 22.6 Å². The van der Waals surface area contributed by atoms with Crippen LogP contribution < -0.4 is 9.47 Å². The largest absolute Gasteiger partial charge is 0.493 e.